The van der Waals surface area contributed by atoms with E-state index in [9.17, 15) is 0 Å². The second kappa shape index (κ2) is 43.1. The minimum atomic E-state index is 0.318. The maximum absolute atomic E-state index is 5.07. The average molecular weight is 346 g/mol. The molecule has 0 bridgehead atoms. The summed E-state index contributed by atoms with van der Waals surface area (Å²) in [7, 11) is 0. The van der Waals surface area contributed by atoms with Crippen LogP contribution in [0.15, 0.2) is 0 Å². The zero-order valence-electron chi connectivity index (χ0n) is 16.5. The number of hydrogen-bond acceptors (Lipinski definition) is 2. The zero-order chi connectivity index (χ0) is 17.9. The van der Waals surface area contributed by atoms with Gasteiger partial charge in [0.1, 0.15) is 0 Å². The first-order chi connectivity index (χ1) is 10.7. The van der Waals surface area contributed by atoms with E-state index in [1.165, 1.54) is 10.6 Å². The second-order valence-electron chi connectivity index (χ2n) is 3.77. The molecule has 0 aliphatic rings. The Morgan fingerprint density at radius 3 is 0.864 bits per heavy atom. The van der Waals surface area contributed by atoms with Crippen LogP contribution in [0.5, 0.6) is 0 Å². The van der Waals surface area contributed by atoms with Gasteiger partial charge in [-0.1, -0.05) is 27.7 Å². The summed E-state index contributed by atoms with van der Waals surface area (Å²) in [6.07, 6.45) is 0. The van der Waals surface area contributed by atoms with Crippen LogP contribution >= 0.6 is 0 Å². The van der Waals surface area contributed by atoms with Gasteiger partial charge in [-0.2, -0.15) is 26.2 Å². The molecule has 22 heavy (non-hydrogen) atoms. The van der Waals surface area contributed by atoms with Crippen molar-refractivity contribution < 1.29 is 7.58 Å². The van der Waals surface area contributed by atoms with Crippen LogP contribution in [0, 0.1) is 0 Å². The molecule has 0 saturated heterocycles. The number of nitrogens with zero attached hydrogens (tertiary/aromatic N) is 2. The molecule has 0 atom stereocenters. The summed E-state index contributed by atoms with van der Waals surface area (Å²) in [5, 5.41) is 10.4. The Morgan fingerprint density at radius 2 is 0.818 bits per heavy atom. The van der Waals surface area contributed by atoms with Crippen molar-refractivity contribution in [3.63, 3.8) is 0 Å². The van der Waals surface area contributed by atoms with Crippen LogP contribution in [-0.2, 0) is 7.58 Å². The third kappa shape index (κ3) is 69.7. The summed E-state index contributed by atoms with van der Waals surface area (Å²) in [4.78, 5) is 0. The minimum absolute atomic E-state index is 0.318. The fourth-order valence-corrected chi connectivity index (χ4v) is 1.86. The molecule has 0 radical (unpaired) electrons. The van der Waals surface area contributed by atoms with E-state index in [-0.39, 0.29) is 0 Å². The quantitative estimate of drug-likeness (QED) is 0.414. The van der Waals surface area contributed by atoms with E-state index in [2.05, 4.69) is 24.5 Å². The topological polar surface area (TPSA) is 46.7 Å². The molecule has 0 rings (SSSR count). The van der Waals surface area contributed by atoms with Crippen molar-refractivity contribution in [3.8, 4) is 0 Å². The molecule has 0 aliphatic heterocycles. The van der Waals surface area contributed by atoms with Gasteiger partial charge in [0, 0.05) is 0 Å². The van der Waals surface area contributed by atoms with E-state index in [0.717, 1.165) is 39.4 Å². The van der Waals surface area contributed by atoms with Crippen LogP contribution in [0.1, 0.15) is 55.4 Å². The van der Waals surface area contributed by atoms with Crippen molar-refractivity contribution in [1.82, 2.24) is 0 Å². The summed E-state index contributed by atoms with van der Waals surface area (Å²) in [5.41, 5.74) is 0. The van der Waals surface area contributed by atoms with Crippen molar-refractivity contribution in [2.75, 3.05) is 39.4 Å². The van der Waals surface area contributed by atoms with Gasteiger partial charge in [0.15, 0.2) is 0 Å². The summed E-state index contributed by atoms with van der Waals surface area (Å²) in [6.45, 7) is 22.2. The molecule has 0 N–H and O–H groups in total. The predicted octanol–water partition coefficient (Wildman–Crippen LogP) is 4.96. The van der Waals surface area contributed by atoms with Crippen LogP contribution < -0.4 is 0 Å². The summed E-state index contributed by atoms with van der Waals surface area (Å²) >= 11 is 0.637. The van der Waals surface area contributed by atoms with Crippen molar-refractivity contribution >= 4 is 31.1 Å². The molecule has 0 aromatic rings. The van der Waals surface area contributed by atoms with Crippen LogP contribution in [0.3, 0.4) is 0 Å². The van der Waals surface area contributed by atoms with Crippen molar-refractivity contribution in [3.05, 3.63) is 10.6 Å². The van der Waals surface area contributed by atoms with Gasteiger partial charge in [-0.15, -0.1) is 0 Å². The fourth-order valence-electron chi connectivity index (χ4n) is 0.919. The first kappa shape index (κ1) is 30.8. The Bertz CT molecular complexity index is 109. The maximum atomic E-state index is 5.07. The zero-order valence-corrected chi connectivity index (χ0v) is 18.8. The normalized spacial score (nSPS) is 8.00. The number of rotatable bonds is 10. The van der Waals surface area contributed by atoms with Gasteiger partial charge in [-0.3, -0.25) is 0 Å². The predicted molar refractivity (Wildman–Crippen MR) is 105 cm³/mol. The first-order valence-electron chi connectivity index (χ1n) is 8.79. The van der Waals surface area contributed by atoms with Gasteiger partial charge in [-0.25, -0.2) is 0 Å². The third-order valence-corrected chi connectivity index (χ3v) is 3.60. The van der Waals surface area contributed by atoms with Gasteiger partial charge in [0.25, 0.3) is 0 Å². The Morgan fingerprint density at radius 1 is 0.545 bits per heavy atom. The SMILES string of the molecule is CC[N-]CC.CC[N-]CC.CC[O][Al+][CH2]C.CC[O][Al+][CH2]C. The van der Waals surface area contributed by atoms with Gasteiger partial charge in [0.05, 0.1) is 0 Å². The van der Waals surface area contributed by atoms with Crippen molar-refractivity contribution in [2.24, 2.45) is 0 Å². The van der Waals surface area contributed by atoms with Crippen LogP contribution in [0.2, 0.25) is 10.6 Å². The molecule has 0 spiro atoms. The van der Waals surface area contributed by atoms with E-state index in [1.54, 1.807) is 0 Å². The van der Waals surface area contributed by atoms with Crippen LogP contribution in [-0.4, -0.2) is 70.5 Å². The van der Waals surface area contributed by atoms with Crippen molar-refractivity contribution in [1.29, 1.82) is 0 Å². The first-order valence-corrected chi connectivity index (χ1v) is 11.4. The van der Waals surface area contributed by atoms with Gasteiger partial charge < -0.3 is 10.6 Å². The fraction of sp³-hybridized carbons (Fsp3) is 1.00. The van der Waals surface area contributed by atoms with Gasteiger partial charge in [0.2, 0.25) is 0 Å². The van der Waals surface area contributed by atoms with E-state index < -0.39 is 0 Å². The molecule has 0 heterocycles. The van der Waals surface area contributed by atoms with E-state index >= 15 is 0 Å². The molecular weight excluding hydrogens is 306 g/mol. The Hall–Kier alpha value is 0.905. The average Bonchev–Trinajstić information content (AvgIpc) is 2.54. The van der Waals surface area contributed by atoms with Gasteiger partial charge >= 0.3 is 90.2 Å². The van der Waals surface area contributed by atoms with Crippen molar-refractivity contribution in [2.45, 2.75) is 66.0 Å². The molecule has 4 nitrogen and oxygen atoms in total. The molecule has 0 aliphatic carbocycles. The summed E-state index contributed by atoms with van der Waals surface area (Å²) < 4.78 is 10.1. The standard InChI is InChI=1S/2C4H10N.2C2H5O.2C2H5.2Al/c2*1-3-5-4-2;2*1-2-3;2*1-2;;/h2*3-4H2,1-2H3;2*2H2,1H3;2*1H2,2H3;;/q4*-1;;;2*+2. The Balaban J connectivity index is -0.0000000986. The van der Waals surface area contributed by atoms with E-state index in [1.807, 2.05) is 41.5 Å². The molecule has 0 fully saturated rings. The molecule has 132 valence electrons. The summed E-state index contributed by atoms with van der Waals surface area (Å²) in [6, 6.07) is 0. The molecular formula is C16H40Al2N2O2. The van der Waals surface area contributed by atoms with Crippen LogP contribution in [0.4, 0.5) is 0 Å². The molecule has 0 aromatic heterocycles. The van der Waals surface area contributed by atoms with E-state index in [4.69, 9.17) is 7.58 Å². The second-order valence-corrected chi connectivity index (χ2v) is 6.74. The Labute approximate surface area is 154 Å². The Kier molecular flexibility index (Phi) is 60.2. The van der Waals surface area contributed by atoms with Crippen LogP contribution in [0.25, 0.3) is 10.6 Å². The molecule has 0 unspecified atom stereocenters. The van der Waals surface area contributed by atoms with E-state index in [0.29, 0.717) is 31.1 Å². The van der Waals surface area contributed by atoms with Gasteiger partial charge in [-0.05, 0) is 0 Å². The summed E-state index contributed by atoms with van der Waals surface area (Å²) in [5.74, 6) is 0. The third-order valence-electron chi connectivity index (χ3n) is 1.80. The monoisotopic (exact) mass is 346 g/mol. The molecule has 0 saturated carbocycles. The molecule has 6 heteroatoms. The molecule has 0 aromatic carbocycles. The number of hydrogen-bond donors (Lipinski definition) is 0. The molecule has 0 amide bonds.